The zero-order chi connectivity index (χ0) is 23.8. The summed E-state index contributed by atoms with van der Waals surface area (Å²) < 4.78 is 11.6. The summed E-state index contributed by atoms with van der Waals surface area (Å²) in [5.41, 5.74) is 4.44. The lowest BCUT2D eigenvalue weighted by Gasteiger charge is -2.33. The Bertz CT molecular complexity index is 930. The van der Waals surface area contributed by atoms with E-state index in [1.807, 2.05) is 64.5 Å². The number of para-hydroxylation sites is 1. The van der Waals surface area contributed by atoms with Gasteiger partial charge in [0.1, 0.15) is 17.6 Å². The number of piperidine rings is 1. The zero-order valence-electron chi connectivity index (χ0n) is 19.7. The maximum atomic E-state index is 12.8. The van der Waals surface area contributed by atoms with Gasteiger partial charge in [0.25, 0.3) is 0 Å². The molecular formula is C26H34N4O4. The van der Waals surface area contributed by atoms with E-state index >= 15 is 0 Å². The van der Waals surface area contributed by atoms with E-state index in [2.05, 4.69) is 17.7 Å². The highest BCUT2D eigenvalue weighted by Gasteiger charge is 2.29. The van der Waals surface area contributed by atoms with Crippen LogP contribution in [-0.4, -0.2) is 73.2 Å². The monoisotopic (exact) mass is 466 g/mol. The first kappa shape index (κ1) is 24.0. The molecule has 0 spiro atoms. The quantitative estimate of drug-likeness (QED) is 0.589. The summed E-state index contributed by atoms with van der Waals surface area (Å²) in [6, 6.07) is 17.5. The van der Waals surface area contributed by atoms with Crippen molar-refractivity contribution in [1.29, 1.82) is 0 Å². The molecular weight excluding hydrogens is 432 g/mol. The molecule has 182 valence electrons. The molecule has 2 heterocycles. The molecule has 2 fully saturated rings. The third kappa shape index (κ3) is 7.20. The van der Waals surface area contributed by atoms with E-state index in [9.17, 15) is 9.59 Å². The molecule has 34 heavy (non-hydrogen) atoms. The van der Waals surface area contributed by atoms with Crippen molar-refractivity contribution < 1.29 is 19.1 Å². The van der Waals surface area contributed by atoms with E-state index in [1.165, 1.54) is 5.56 Å². The van der Waals surface area contributed by atoms with E-state index in [0.29, 0.717) is 45.8 Å². The van der Waals surface area contributed by atoms with Crippen molar-refractivity contribution in [3.8, 4) is 11.5 Å². The van der Waals surface area contributed by atoms with Crippen molar-refractivity contribution in [2.45, 2.75) is 38.3 Å². The minimum Gasteiger partial charge on any atom is -0.493 e. The van der Waals surface area contributed by atoms with Gasteiger partial charge in [0.15, 0.2) is 0 Å². The number of rotatable bonds is 9. The highest BCUT2D eigenvalue weighted by molar-refractivity contribution is 5.78. The largest absolute Gasteiger partial charge is 0.493 e. The molecule has 1 unspecified atom stereocenters. The molecule has 4 rings (SSSR count). The summed E-state index contributed by atoms with van der Waals surface area (Å²) in [6.07, 6.45) is 2.10. The fourth-order valence-electron chi connectivity index (χ4n) is 4.23. The first-order valence-electron chi connectivity index (χ1n) is 12.0. The second-order valence-electron chi connectivity index (χ2n) is 8.93. The van der Waals surface area contributed by atoms with E-state index < -0.39 is 0 Å². The second kappa shape index (κ2) is 11.9. The van der Waals surface area contributed by atoms with E-state index in [0.717, 1.165) is 24.3 Å². The Hall–Kier alpha value is -3.10. The van der Waals surface area contributed by atoms with Crippen LogP contribution in [0.2, 0.25) is 0 Å². The molecule has 0 aliphatic carbocycles. The summed E-state index contributed by atoms with van der Waals surface area (Å²) in [6.45, 7) is 5.31. The number of amides is 2. The summed E-state index contributed by atoms with van der Waals surface area (Å²) in [4.78, 5) is 26.9. The Labute approximate surface area is 201 Å². The van der Waals surface area contributed by atoms with Crippen LogP contribution in [0.4, 0.5) is 0 Å². The number of nitrogens with zero attached hydrogens (tertiary/aromatic N) is 2. The Balaban J connectivity index is 1.11. The maximum Gasteiger partial charge on any atom is 0.238 e. The number of carbonyl (C=O) groups is 2. The average molecular weight is 467 g/mol. The molecule has 0 saturated carbocycles. The van der Waals surface area contributed by atoms with Crippen molar-refractivity contribution in [1.82, 2.24) is 20.7 Å². The molecule has 1 atom stereocenters. The van der Waals surface area contributed by atoms with Crippen LogP contribution in [0, 0.1) is 6.92 Å². The minimum absolute atomic E-state index is 0.0225. The summed E-state index contributed by atoms with van der Waals surface area (Å²) in [7, 11) is 0. The summed E-state index contributed by atoms with van der Waals surface area (Å²) in [5, 5.41) is 4.91. The van der Waals surface area contributed by atoms with E-state index in [4.69, 9.17) is 9.47 Å². The molecule has 2 aromatic rings. The number of aryl methyl sites for hydroxylation is 1. The second-order valence-corrected chi connectivity index (χ2v) is 8.93. The fourth-order valence-corrected chi connectivity index (χ4v) is 4.23. The lowest BCUT2D eigenvalue weighted by molar-refractivity contribution is -0.134. The predicted octanol–water partition coefficient (Wildman–Crippen LogP) is 2.14. The van der Waals surface area contributed by atoms with Crippen molar-refractivity contribution in [3.05, 3.63) is 60.2 Å². The number of nitrogens with one attached hydrogen (secondary N) is 2. The molecule has 8 heteroatoms. The Morgan fingerprint density at radius 1 is 1.03 bits per heavy atom. The van der Waals surface area contributed by atoms with Gasteiger partial charge in [-0.2, -0.15) is 0 Å². The molecule has 0 aromatic heterocycles. The van der Waals surface area contributed by atoms with Crippen LogP contribution >= 0.6 is 0 Å². The summed E-state index contributed by atoms with van der Waals surface area (Å²) >= 11 is 0. The third-order valence-electron chi connectivity index (χ3n) is 6.15. The zero-order valence-corrected chi connectivity index (χ0v) is 19.7. The van der Waals surface area contributed by atoms with Gasteiger partial charge in [-0.15, -0.1) is 0 Å². The highest BCUT2D eigenvalue weighted by atomic mass is 16.5. The smallest absolute Gasteiger partial charge is 0.238 e. The SMILES string of the molecule is Cc1ccc(OC2CCN(C(=O)CN3CC(NC(=O)CCOc4ccccc4)CN3)CC2)cc1. The van der Waals surface area contributed by atoms with Crippen LogP contribution in [0.1, 0.15) is 24.8 Å². The van der Waals surface area contributed by atoms with Gasteiger partial charge < -0.3 is 19.7 Å². The Morgan fingerprint density at radius 3 is 2.50 bits per heavy atom. The number of hydrogen-bond acceptors (Lipinski definition) is 6. The fraction of sp³-hybridized carbons (Fsp3) is 0.462. The number of benzene rings is 2. The number of carbonyl (C=O) groups excluding carboxylic acids is 2. The molecule has 8 nitrogen and oxygen atoms in total. The molecule has 2 aliphatic rings. The Morgan fingerprint density at radius 2 is 1.76 bits per heavy atom. The average Bonchev–Trinajstić information content (AvgIpc) is 3.28. The first-order valence-corrected chi connectivity index (χ1v) is 12.0. The van der Waals surface area contributed by atoms with Gasteiger partial charge in [-0.25, -0.2) is 5.01 Å². The maximum absolute atomic E-state index is 12.8. The normalized spacial score (nSPS) is 19.1. The standard InChI is InChI=1S/C26H34N4O4/c1-20-7-9-23(10-8-20)34-24-11-14-29(15-12-24)26(32)19-30-18-21(17-27-30)28-25(31)13-16-33-22-5-3-2-4-6-22/h2-10,21,24,27H,11-19H2,1H3,(H,28,31). The van der Waals surface area contributed by atoms with Crippen molar-refractivity contribution in [2.75, 3.05) is 39.3 Å². The van der Waals surface area contributed by atoms with Gasteiger partial charge in [-0.05, 0) is 31.2 Å². The summed E-state index contributed by atoms with van der Waals surface area (Å²) in [5.74, 6) is 1.70. The number of hydrogen-bond donors (Lipinski definition) is 2. The first-order chi connectivity index (χ1) is 16.5. The van der Waals surface area contributed by atoms with Gasteiger partial charge in [0.2, 0.25) is 11.8 Å². The van der Waals surface area contributed by atoms with Crippen LogP contribution < -0.4 is 20.2 Å². The van der Waals surface area contributed by atoms with Crippen molar-refractivity contribution >= 4 is 11.8 Å². The topological polar surface area (TPSA) is 83.1 Å². The van der Waals surface area contributed by atoms with Crippen LogP contribution in [-0.2, 0) is 9.59 Å². The number of hydrazine groups is 1. The van der Waals surface area contributed by atoms with Crippen LogP contribution in [0.3, 0.4) is 0 Å². The predicted molar refractivity (Wildman–Crippen MR) is 129 cm³/mol. The third-order valence-corrected chi connectivity index (χ3v) is 6.15. The van der Waals surface area contributed by atoms with Crippen LogP contribution in [0.15, 0.2) is 54.6 Å². The van der Waals surface area contributed by atoms with E-state index in [-0.39, 0.29) is 24.0 Å². The highest BCUT2D eigenvalue weighted by Crippen LogP contribution is 2.20. The van der Waals surface area contributed by atoms with Gasteiger partial charge in [0.05, 0.1) is 25.6 Å². The number of ether oxygens (including phenoxy) is 2. The molecule has 0 radical (unpaired) electrons. The van der Waals surface area contributed by atoms with Crippen molar-refractivity contribution in [3.63, 3.8) is 0 Å². The molecule has 2 aliphatic heterocycles. The van der Waals surface area contributed by atoms with E-state index in [1.54, 1.807) is 0 Å². The lowest BCUT2D eigenvalue weighted by Crippen LogP contribution is -2.47. The molecule has 0 bridgehead atoms. The molecule has 2 N–H and O–H groups in total. The van der Waals surface area contributed by atoms with Crippen LogP contribution in [0.5, 0.6) is 11.5 Å². The number of likely N-dealkylation sites (tertiary alicyclic amines) is 1. The lowest BCUT2D eigenvalue weighted by atomic mass is 10.1. The van der Waals surface area contributed by atoms with Crippen LogP contribution in [0.25, 0.3) is 0 Å². The van der Waals surface area contributed by atoms with Gasteiger partial charge in [0, 0.05) is 39.0 Å². The van der Waals surface area contributed by atoms with Gasteiger partial charge >= 0.3 is 0 Å². The van der Waals surface area contributed by atoms with Crippen molar-refractivity contribution in [2.24, 2.45) is 0 Å². The van der Waals surface area contributed by atoms with Gasteiger partial charge in [-0.3, -0.25) is 15.0 Å². The molecule has 2 saturated heterocycles. The molecule has 2 aromatic carbocycles. The van der Waals surface area contributed by atoms with Gasteiger partial charge in [-0.1, -0.05) is 35.9 Å². The molecule has 2 amide bonds. The Kier molecular flexibility index (Phi) is 8.38. The minimum atomic E-state index is -0.0495.